The number of nitrogens with zero attached hydrogens (tertiary/aromatic N) is 3. The summed E-state index contributed by atoms with van der Waals surface area (Å²) in [7, 11) is 0. The van der Waals surface area contributed by atoms with Crippen LogP contribution in [0.1, 0.15) is 11.1 Å². The van der Waals surface area contributed by atoms with Crippen LogP contribution < -0.4 is 10.2 Å². The maximum Gasteiger partial charge on any atom is 0.169 e. The fourth-order valence-corrected chi connectivity index (χ4v) is 3.76. The van der Waals surface area contributed by atoms with Crippen molar-refractivity contribution in [1.82, 2.24) is 4.98 Å². The standard InChI is InChI=1S/C23H20N4O4S/c24-14-19-21(16-6-8-17(9-7-16)30-12-10-28)20(15-25)23(26-22(19)27-31-13-11-29)32-18-4-2-1-3-5-18/h1-9,28-29H,10-13H2,(H,26,27). The first kappa shape index (κ1) is 23.1. The molecule has 8 nitrogen and oxygen atoms in total. The average Bonchev–Trinajstić information content (AvgIpc) is 2.83. The highest BCUT2D eigenvalue weighted by Crippen LogP contribution is 2.39. The summed E-state index contributed by atoms with van der Waals surface area (Å²) in [6, 6.07) is 20.6. The zero-order valence-corrected chi connectivity index (χ0v) is 17.8. The number of aliphatic hydroxyl groups is 2. The van der Waals surface area contributed by atoms with Crippen molar-refractivity contribution in [3.8, 4) is 29.0 Å². The van der Waals surface area contributed by atoms with E-state index in [-0.39, 0.29) is 43.4 Å². The van der Waals surface area contributed by atoms with Crippen LogP contribution in [0, 0.1) is 22.7 Å². The molecule has 162 valence electrons. The lowest BCUT2D eigenvalue weighted by Gasteiger charge is -2.16. The van der Waals surface area contributed by atoms with Crippen molar-refractivity contribution in [3.63, 3.8) is 0 Å². The van der Waals surface area contributed by atoms with Gasteiger partial charge in [0, 0.05) is 10.5 Å². The van der Waals surface area contributed by atoms with Crippen LogP contribution in [0.15, 0.2) is 64.5 Å². The molecule has 3 aromatic rings. The van der Waals surface area contributed by atoms with E-state index in [1.807, 2.05) is 30.3 Å². The van der Waals surface area contributed by atoms with Crippen LogP contribution in [0.25, 0.3) is 11.1 Å². The minimum absolute atomic E-state index is 0.0000617. The summed E-state index contributed by atoms with van der Waals surface area (Å²) in [6.45, 7) is -0.152. The molecule has 0 amide bonds. The van der Waals surface area contributed by atoms with Gasteiger partial charge in [-0.25, -0.2) is 10.5 Å². The molecule has 0 unspecified atom stereocenters. The Kier molecular flexibility index (Phi) is 8.44. The molecule has 3 rings (SSSR count). The van der Waals surface area contributed by atoms with Gasteiger partial charge < -0.3 is 14.9 Å². The van der Waals surface area contributed by atoms with Crippen molar-refractivity contribution in [1.29, 1.82) is 10.5 Å². The Labute approximate surface area is 189 Å². The van der Waals surface area contributed by atoms with Crippen molar-refractivity contribution in [2.45, 2.75) is 9.92 Å². The highest BCUT2D eigenvalue weighted by atomic mass is 32.2. The number of aliphatic hydroxyl groups excluding tert-OH is 2. The molecule has 0 radical (unpaired) electrons. The lowest BCUT2D eigenvalue weighted by Crippen LogP contribution is -2.10. The summed E-state index contributed by atoms with van der Waals surface area (Å²) in [5, 5.41) is 38.2. The summed E-state index contributed by atoms with van der Waals surface area (Å²) < 4.78 is 5.40. The highest BCUT2D eigenvalue weighted by molar-refractivity contribution is 7.99. The number of aromatic nitrogens is 1. The number of anilines is 1. The molecule has 32 heavy (non-hydrogen) atoms. The number of rotatable bonds is 10. The van der Waals surface area contributed by atoms with Crippen LogP contribution in [-0.4, -0.2) is 41.6 Å². The normalized spacial score (nSPS) is 10.2. The predicted molar refractivity (Wildman–Crippen MR) is 119 cm³/mol. The number of pyridine rings is 1. The Morgan fingerprint density at radius 2 is 1.59 bits per heavy atom. The van der Waals surface area contributed by atoms with Crippen molar-refractivity contribution in [2.24, 2.45) is 0 Å². The summed E-state index contributed by atoms with van der Waals surface area (Å²) in [4.78, 5) is 10.5. The minimum atomic E-state index is -0.209. The second-order valence-electron chi connectivity index (χ2n) is 6.30. The third-order valence-corrected chi connectivity index (χ3v) is 5.21. The maximum atomic E-state index is 9.98. The summed E-state index contributed by atoms with van der Waals surface area (Å²) >= 11 is 1.29. The molecule has 0 aliphatic carbocycles. The second-order valence-corrected chi connectivity index (χ2v) is 7.36. The zero-order valence-electron chi connectivity index (χ0n) is 17.0. The molecule has 3 N–H and O–H groups in total. The molecule has 9 heteroatoms. The van der Waals surface area contributed by atoms with Crippen molar-refractivity contribution in [2.75, 3.05) is 31.9 Å². The van der Waals surface area contributed by atoms with E-state index in [1.54, 1.807) is 24.3 Å². The highest BCUT2D eigenvalue weighted by Gasteiger charge is 2.22. The van der Waals surface area contributed by atoms with Gasteiger partial charge in [-0.2, -0.15) is 10.5 Å². The van der Waals surface area contributed by atoms with E-state index in [0.717, 1.165) is 4.90 Å². The second kappa shape index (κ2) is 11.7. The van der Waals surface area contributed by atoms with Crippen molar-refractivity contribution < 1.29 is 19.8 Å². The molecule has 0 aliphatic rings. The average molecular weight is 449 g/mol. The molecular weight excluding hydrogens is 428 g/mol. The van der Waals surface area contributed by atoms with Gasteiger partial charge in [0.2, 0.25) is 0 Å². The number of nitrogens with one attached hydrogen (secondary N) is 1. The van der Waals surface area contributed by atoms with Gasteiger partial charge >= 0.3 is 0 Å². The summed E-state index contributed by atoms with van der Waals surface area (Å²) in [6.07, 6.45) is 0. The minimum Gasteiger partial charge on any atom is -0.491 e. The lowest BCUT2D eigenvalue weighted by atomic mass is 9.97. The van der Waals surface area contributed by atoms with Gasteiger partial charge in [-0.1, -0.05) is 42.1 Å². The molecule has 0 aliphatic heterocycles. The van der Waals surface area contributed by atoms with E-state index in [0.29, 0.717) is 21.9 Å². The Bertz CT molecular complexity index is 1130. The third-order valence-electron chi connectivity index (χ3n) is 4.21. The Morgan fingerprint density at radius 3 is 2.22 bits per heavy atom. The molecule has 2 aromatic carbocycles. The van der Waals surface area contributed by atoms with Crippen molar-refractivity contribution >= 4 is 17.6 Å². The molecule has 0 spiro atoms. The zero-order chi connectivity index (χ0) is 22.8. The van der Waals surface area contributed by atoms with Crippen LogP contribution in [-0.2, 0) is 4.84 Å². The Hall–Kier alpha value is -3.60. The largest absolute Gasteiger partial charge is 0.491 e. The topological polar surface area (TPSA) is 131 Å². The van der Waals surface area contributed by atoms with Crippen molar-refractivity contribution in [3.05, 3.63) is 65.7 Å². The smallest absolute Gasteiger partial charge is 0.169 e. The molecule has 0 atom stereocenters. The molecule has 0 saturated heterocycles. The molecule has 1 aromatic heterocycles. The third kappa shape index (κ3) is 5.55. The molecule has 0 fully saturated rings. The van der Waals surface area contributed by atoms with Crippen LogP contribution in [0.4, 0.5) is 5.82 Å². The quantitative estimate of drug-likeness (QED) is 0.315. The first-order valence-corrected chi connectivity index (χ1v) is 10.5. The summed E-state index contributed by atoms with van der Waals surface area (Å²) in [5.74, 6) is 0.700. The molecule has 1 heterocycles. The van der Waals surface area contributed by atoms with E-state index in [1.165, 1.54) is 11.8 Å². The Morgan fingerprint density at radius 1 is 0.906 bits per heavy atom. The van der Waals surface area contributed by atoms with Gasteiger partial charge in [0.25, 0.3) is 0 Å². The van der Waals surface area contributed by atoms with Gasteiger partial charge in [0.05, 0.1) is 25.4 Å². The number of benzene rings is 2. The van der Waals surface area contributed by atoms with Crippen LogP contribution >= 0.6 is 11.8 Å². The number of ether oxygens (including phenoxy) is 1. The van der Waals surface area contributed by atoms with Gasteiger partial charge in [0.1, 0.15) is 35.1 Å². The Balaban J connectivity index is 2.13. The fraction of sp³-hybridized carbons (Fsp3) is 0.174. The van der Waals surface area contributed by atoms with Gasteiger partial charge in [-0.3, -0.25) is 4.84 Å². The van der Waals surface area contributed by atoms with E-state index >= 15 is 0 Å². The molecular formula is C23H20N4O4S. The first-order valence-electron chi connectivity index (χ1n) is 9.65. The van der Waals surface area contributed by atoms with E-state index in [4.69, 9.17) is 19.8 Å². The predicted octanol–water partition coefficient (Wildman–Crippen LogP) is 3.35. The van der Waals surface area contributed by atoms with E-state index < -0.39 is 0 Å². The van der Waals surface area contributed by atoms with E-state index in [2.05, 4.69) is 22.6 Å². The van der Waals surface area contributed by atoms with Crippen LogP contribution in [0.5, 0.6) is 5.75 Å². The maximum absolute atomic E-state index is 9.98. The van der Waals surface area contributed by atoms with E-state index in [9.17, 15) is 10.5 Å². The number of hydrogen-bond acceptors (Lipinski definition) is 9. The van der Waals surface area contributed by atoms with Gasteiger partial charge in [0.15, 0.2) is 5.82 Å². The number of hydrogen-bond donors (Lipinski definition) is 3. The molecule has 0 saturated carbocycles. The first-order chi connectivity index (χ1) is 15.7. The van der Waals surface area contributed by atoms with Crippen LogP contribution in [0.2, 0.25) is 0 Å². The molecule has 0 bridgehead atoms. The lowest BCUT2D eigenvalue weighted by molar-refractivity contribution is 0.132. The number of nitriles is 2. The van der Waals surface area contributed by atoms with Gasteiger partial charge in [-0.05, 0) is 29.8 Å². The SMILES string of the molecule is N#Cc1c(NOCCO)nc(Sc2ccccc2)c(C#N)c1-c1ccc(OCCO)cc1. The van der Waals surface area contributed by atoms with Crippen LogP contribution in [0.3, 0.4) is 0 Å². The summed E-state index contributed by atoms with van der Waals surface area (Å²) in [5.41, 5.74) is 4.05. The monoisotopic (exact) mass is 448 g/mol. The van der Waals surface area contributed by atoms with Gasteiger partial charge in [-0.15, -0.1) is 0 Å². The fourth-order valence-electron chi connectivity index (χ4n) is 2.86.